The summed E-state index contributed by atoms with van der Waals surface area (Å²) in [6, 6.07) is 40.6. The first-order chi connectivity index (χ1) is 17.6. The monoisotopic (exact) mass is 800 g/mol. The van der Waals surface area contributed by atoms with Crippen LogP contribution in [0.5, 0.6) is 0 Å². The Morgan fingerprint density at radius 2 is 0.974 bits per heavy atom. The van der Waals surface area contributed by atoms with E-state index in [0.29, 0.717) is 0 Å². The first-order valence-electron chi connectivity index (χ1n) is 12.5. The zero-order valence-electron chi connectivity index (χ0n) is 22.3. The molecule has 1 aliphatic carbocycles. The molecule has 0 aliphatic heterocycles. The maximum Gasteiger partial charge on any atom is 4.00 e. The van der Waals surface area contributed by atoms with E-state index in [9.17, 15) is 0 Å². The molecule has 0 N–H and O–H groups in total. The van der Waals surface area contributed by atoms with Gasteiger partial charge in [0.05, 0.1) is 0 Å². The van der Waals surface area contributed by atoms with Gasteiger partial charge in [-0.3, -0.25) is 0 Å². The van der Waals surface area contributed by atoms with Crippen molar-refractivity contribution in [3.8, 4) is 22.3 Å². The molecule has 0 spiro atoms. The van der Waals surface area contributed by atoms with Gasteiger partial charge in [-0.2, -0.15) is 12.1 Å². The molecule has 0 heterocycles. The van der Waals surface area contributed by atoms with Crippen molar-refractivity contribution in [2.45, 2.75) is 24.7 Å². The molecule has 1 saturated carbocycles. The van der Waals surface area contributed by atoms with Crippen LogP contribution in [0.4, 0.5) is 0 Å². The molecule has 0 aromatic heterocycles. The Bertz CT molecular complexity index is 1590. The van der Waals surface area contributed by atoms with E-state index < -0.39 is 0 Å². The van der Waals surface area contributed by atoms with Crippen LogP contribution < -0.4 is 0 Å². The van der Waals surface area contributed by atoms with Crippen LogP contribution in [-0.4, -0.2) is 0 Å². The predicted molar refractivity (Wildman–Crippen MR) is 173 cm³/mol. The summed E-state index contributed by atoms with van der Waals surface area (Å²) in [4.78, 5) is 0. The van der Waals surface area contributed by atoms with E-state index in [-0.39, 0.29) is 46.1 Å². The molecule has 1 aliphatic rings. The molecular weight excluding hydrogens is 771 g/mol. The molecule has 7 rings (SSSR count). The standard InChI is InChI=1S/C34H24Br2.2CH3.Hf/c35-28-12-8-22(9-13-28)30-6-1-4-24-18-26(20-32(24)30)34(16-3-17-34)27-19-25-5-2-7-31(33(25)21-27)23-10-14-29(36)15-11-23;;;/h1-2,4-15,18-21H,3,16-17H2;2*1H3;/q-2;2*-1;+4. The van der Waals surface area contributed by atoms with Gasteiger partial charge in [-0.25, -0.2) is 0 Å². The molecule has 0 bridgehead atoms. The number of hydrogen-bond acceptors (Lipinski definition) is 0. The van der Waals surface area contributed by atoms with Gasteiger partial charge in [-0.05, 0) is 53.6 Å². The summed E-state index contributed by atoms with van der Waals surface area (Å²) in [5.41, 5.74) is 8.19. The van der Waals surface area contributed by atoms with Gasteiger partial charge in [-0.15, -0.1) is 69.1 Å². The normalized spacial score (nSPS) is 13.7. The van der Waals surface area contributed by atoms with Gasteiger partial charge in [-0.1, -0.05) is 85.8 Å². The van der Waals surface area contributed by atoms with Gasteiger partial charge in [0.15, 0.2) is 0 Å². The van der Waals surface area contributed by atoms with Crippen LogP contribution in [0, 0.1) is 14.9 Å². The first-order valence-corrected chi connectivity index (χ1v) is 14.1. The van der Waals surface area contributed by atoms with Crippen LogP contribution in [0.1, 0.15) is 30.4 Å². The van der Waals surface area contributed by atoms with E-state index in [1.54, 1.807) is 0 Å². The Morgan fingerprint density at radius 3 is 1.33 bits per heavy atom. The van der Waals surface area contributed by atoms with Crippen LogP contribution in [-0.2, 0) is 31.3 Å². The molecule has 0 atom stereocenters. The molecular formula is C36H30Br2Hf. The predicted octanol–water partition coefficient (Wildman–Crippen LogP) is 11.7. The molecule has 6 aromatic rings. The fraction of sp³-hybridized carbons (Fsp3) is 0.111. The van der Waals surface area contributed by atoms with Crippen molar-refractivity contribution in [1.29, 1.82) is 0 Å². The number of hydrogen-bond donors (Lipinski definition) is 0. The van der Waals surface area contributed by atoms with Crippen LogP contribution in [0.15, 0.2) is 118 Å². The van der Waals surface area contributed by atoms with Crippen molar-refractivity contribution in [2.75, 3.05) is 0 Å². The van der Waals surface area contributed by atoms with E-state index in [4.69, 9.17) is 0 Å². The van der Waals surface area contributed by atoms with E-state index in [0.717, 1.165) is 8.95 Å². The molecule has 39 heavy (non-hydrogen) atoms. The third-order valence-corrected chi connectivity index (χ3v) is 9.18. The number of halogens is 2. The van der Waals surface area contributed by atoms with Crippen molar-refractivity contribution in [2.24, 2.45) is 0 Å². The van der Waals surface area contributed by atoms with E-state index in [1.165, 1.54) is 74.2 Å². The largest absolute Gasteiger partial charge is 4.00 e. The third kappa shape index (κ3) is 5.11. The summed E-state index contributed by atoms with van der Waals surface area (Å²) >= 11 is 7.15. The van der Waals surface area contributed by atoms with Gasteiger partial charge in [0.2, 0.25) is 0 Å². The molecule has 1 fully saturated rings. The summed E-state index contributed by atoms with van der Waals surface area (Å²) in [7, 11) is 0. The Hall–Kier alpha value is -2.07. The molecule has 0 saturated heterocycles. The quantitative estimate of drug-likeness (QED) is 0.123. The fourth-order valence-corrected chi connectivity index (χ4v) is 6.59. The minimum atomic E-state index is 0. The molecule has 0 unspecified atom stereocenters. The second-order valence-corrected chi connectivity index (χ2v) is 11.9. The van der Waals surface area contributed by atoms with Gasteiger partial charge in [0.25, 0.3) is 0 Å². The van der Waals surface area contributed by atoms with E-state index in [1.807, 2.05) is 0 Å². The Labute approximate surface area is 268 Å². The van der Waals surface area contributed by atoms with Crippen LogP contribution in [0.25, 0.3) is 43.8 Å². The molecule has 0 nitrogen and oxygen atoms in total. The number of fused-ring (bicyclic) bond motifs is 2. The Kier molecular flexibility index (Phi) is 9.05. The fourth-order valence-electron chi connectivity index (χ4n) is 6.06. The summed E-state index contributed by atoms with van der Waals surface area (Å²) in [5, 5.41) is 5.38. The molecule has 192 valence electrons. The van der Waals surface area contributed by atoms with Crippen molar-refractivity contribution in [1.82, 2.24) is 0 Å². The molecule has 0 radical (unpaired) electrons. The zero-order chi connectivity index (χ0) is 24.3. The van der Waals surface area contributed by atoms with Crippen molar-refractivity contribution in [3.05, 3.63) is 144 Å². The van der Waals surface area contributed by atoms with E-state index >= 15 is 0 Å². The van der Waals surface area contributed by atoms with Gasteiger partial charge >= 0.3 is 25.8 Å². The summed E-state index contributed by atoms with van der Waals surface area (Å²) in [6.07, 6.45) is 3.70. The van der Waals surface area contributed by atoms with Crippen molar-refractivity contribution in [3.63, 3.8) is 0 Å². The SMILES string of the molecule is Brc1ccc(-c2cccc3[cH-]c(C4(c5cc6c(-c7ccc(Br)cc7)cccc6[cH-]5)CCC4)cc23)cc1.[CH3-].[CH3-].[Hf+4]. The van der Waals surface area contributed by atoms with E-state index in [2.05, 4.69) is 141 Å². The van der Waals surface area contributed by atoms with Crippen LogP contribution >= 0.6 is 31.9 Å². The second kappa shape index (κ2) is 11.8. The third-order valence-electron chi connectivity index (χ3n) is 8.12. The maximum atomic E-state index is 3.58. The minimum Gasteiger partial charge on any atom is -0.358 e. The van der Waals surface area contributed by atoms with Crippen molar-refractivity contribution >= 4 is 53.4 Å². The van der Waals surface area contributed by atoms with Gasteiger partial charge < -0.3 is 14.9 Å². The average molecular weight is 801 g/mol. The number of rotatable bonds is 4. The molecule has 3 heteroatoms. The van der Waals surface area contributed by atoms with Gasteiger partial charge in [0.1, 0.15) is 0 Å². The Balaban J connectivity index is 0.00000118. The zero-order valence-corrected chi connectivity index (χ0v) is 29.0. The molecule has 0 amide bonds. The average Bonchev–Trinajstić information content (AvgIpc) is 3.49. The van der Waals surface area contributed by atoms with Crippen LogP contribution in [0.2, 0.25) is 0 Å². The van der Waals surface area contributed by atoms with Gasteiger partial charge in [0, 0.05) is 8.95 Å². The smallest absolute Gasteiger partial charge is 0.358 e. The minimum absolute atomic E-state index is 0. The topological polar surface area (TPSA) is 0 Å². The van der Waals surface area contributed by atoms with Crippen molar-refractivity contribution < 1.29 is 25.8 Å². The Morgan fingerprint density at radius 1 is 0.564 bits per heavy atom. The second-order valence-electron chi connectivity index (χ2n) is 10.1. The van der Waals surface area contributed by atoms with Crippen LogP contribution in [0.3, 0.4) is 0 Å². The maximum absolute atomic E-state index is 3.58. The summed E-state index contributed by atoms with van der Waals surface area (Å²) in [5.74, 6) is 0. The number of benzene rings is 4. The summed E-state index contributed by atoms with van der Waals surface area (Å²) < 4.78 is 2.22. The summed E-state index contributed by atoms with van der Waals surface area (Å²) in [6.45, 7) is 0. The first kappa shape index (κ1) is 29.9. The molecule has 6 aromatic carbocycles.